The van der Waals surface area contributed by atoms with Crippen molar-refractivity contribution in [3.8, 4) is 0 Å². The van der Waals surface area contributed by atoms with Crippen LogP contribution in [0.5, 0.6) is 0 Å². The molecule has 138 valence electrons. The van der Waals surface area contributed by atoms with Crippen molar-refractivity contribution in [2.24, 2.45) is 5.73 Å². The Bertz CT molecular complexity index is 1080. The molecule has 0 aliphatic rings. The summed E-state index contributed by atoms with van der Waals surface area (Å²) in [6.07, 6.45) is 0. The van der Waals surface area contributed by atoms with E-state index in [1.54, 1.807) is 36.4 Å². The highest BCUT2D eigenvalue weighted by atomic mass is 32.2. The van der Waals surface area contributed by atoms with Crippen LogP contribution in [-0.2, 0) is 10.0 Å². The third kappa shape index (κ3) is 4.52. The van der Waals surface area contributed by atoms with Crippen LogP contribution in [0.1, 0.15) is 20.0 Å². The van der Waals surface area contributed by atoms with E-state index < -0.39 is 15.9 Å². The fraction of sp³-hybridized carbons (Fsp3) is 0. The topological polar surface area (TPSA) is 118 Å². The maximum absolute atomic E-state index is 12.4. The number of nitrogens with two attached hydrogens (primary N) is 1. The third-order valence-electron chi connectivity index (χ3n) is 3.56. The van der Waals surface area contributed by atoms with Crippen LogP contribution < -0.4 is 15.8 Å². The zero-order valence-corrected chi connectivity index (χ0v) is 15.5. The van der Waals surface area contributed by atoms with E-state index in [0.717, 1.165) is 11.3 Å². The molecule has 27 heavy (non-hydrogen) atoms. The molecule has 0 atom stereocenters. The van der Waals surface area contributed by atoms with Gasteiger partial charge in [-0.2, -0.15) is 0 Å². The smallest absolute Gasteiger partial charge is 0.262 e. The van der Waals surface area contributed by atoms with E-state index in [4.69, 9.17) is 5.73 Å². The third-order valence-corrected chi connectivity index (χ3v) is 6.01. The molecule has 0 unspecified atom stereocenters. The predicted octanol–water partition coefficient (Wildman–Crippen LogP) is 2.90. The molecule has 0 saturated carbocycles. The van der Waals surface area contributed by atoms with Gasteiger partial charge in [0, 0.05) is 22.3 Å². The Hall–Kier alpha value is -3.17. The van der Waals surface area contributed by atoms with Crippen molar-refractivity contribution in [2.45, 2.75) is 4.90 Å². The second-order valence-electron chi connectivity index (χ2n) is 5.51. The van der Waals surface area contributed by atoms with Crippen LogP contribution >= 0.6 is 11.3 Å². The molecule has 7 nitrogen and oxygen atoms in total. The van der Waals surface area contributed by atoms with Gasteiger partial charge in [-0.3, -0.25) is 14.3 Å². The minimum absolute atomic E-state index is 0.0391. The lowest BCUT2D eigenvalue weighted by atomic mass is 10.2. The van der Waals surface area contributed by atoms with Crippen LogP contribution in [0.15, 0.2) is 70.9 Å². The maximum Gasteiger partial charge on any atom is 0.262 e. The molecule has 3 rings (SSSR count). The lowest BCUT2D eigenvalue weighted by Gasteiger charge is -2.09. The summed E-state index contributed by atoms with van der Waals surface area (Å²) in [6.45, 7) is 0. The number of hydrogen-bond donors (Lipinski definition) is 3. The summed E-state index contributed by atoms with van der Waals surface area (Å²) in [7, 11) is -3.84. The van der Waals surface area contributed by atoms with Crippen LogP contribution in [0, 0.1) is 0 Å². The number of hydrogen-bond acceptors (Lipinski definition) is 5. The highest BCUT2D eigenvalue weighted by molar-refractivity contribution is 7.92. The number of benzene rings is 2. The molecule has 0 saturated heterocycles. The number of anilines is 2. The average Bonchev–Trinajstić information content (AvgIpc) is 3.15. The van der Waals surface area contributed by atoms with Crippen LogP contribution in [0.25, 0.3) is 0 Å². The number of thiophene rings is 1. The van der Waals surface area contributed by atoms with Crippen molar-refractivity contribution < 1.29 is 18.0 Å². The first-order valence-corrected chi connectivity index (χ1v) is 10.1. The first-order valence-electron chi connectivity index (χ1n) is 7.73. The van der Waals surface area contributed by atoms with Crippen molar-refractivity contribution >= 4 is 44.5 Å². The van der Waals surface area contributed by atoms with Gasteiger partial charge in [-0.25, -0.2) is 8.42 Å². The maximum atomic E-state index is 12.4. The summed E-state index contributed by atoms with van der Waals surface area (Å²) in [5.41, 5.74) is 6.51. The van der Waals surface area contributed by atoms with Crippen LogP contribution in [0.4, 0.5) is 11.4 Å². The predicted molar refractivity (Wildman–Crippen MR) is 104 cm³/mol. The molecule has 0 bridgehead atoms. The minimum atomic E-state index is -3.84. The molecular formula is C18H15N3O4S2. The Morgan fingerprint density at radius 3 is 2.15 bits per heavy atom. The van der Waals surface area contributed by atoms with Crippen LogP contribution in [0.2, 0.25) is 0 Å². The van der Waals surface area contributed by atoms with Gasteiger partial charge in [0.2, 0.25) is 0 Å². The van der Waals surface area contributed by atoms with Gasteiger partial charge in [-0.1, -0.05) is 18.2 Å². The van der Waals surface area contributed by atoms with Gasteiger partial charge in [0.05, 0.1) is 9.77 Å². The summed E-state index contributed by atoms with van der Waals surface area (Å²) in [4.78, 5) is 23.3. The monoisotopic (exact) mass is 401 g/mol. The second-order valence-corrected chi connectivity index (χ2v) is 8.11. The molecule has 0 fully saturated rings. The summed E-state index contributed by atoms with van der Waals surface area (Å²) >= 11 is 0.961. The van der Waals surface area contributed by atoms with Crippen molar-refractivity contribution in [1.29, 1.82) is 0 Å². The number of primary amides is 1. The number of amides is 2. The van der Waals surface area contributed by atoms with E-state index in [0.29, 0.717) is 16.9 Å². The fourth-order valence-corrected chi connectivity index (χ4v) is 4.40. The SMILES string of the molecule is NC(=O)c1cc(S(=O)(=O)Nc2ccc(NC(=O)c3ccccc3)cc2)cs1. The molecule has 9 heteroatoms. The van der Waals surface area contributed by atoms with Gasteiger partial charge in [0.25, 0.3) is 21.8 Å². The summed E-state index contributed by atoms with van der Waals surface area (Å²) < 4.78 is 27.1. The van der Waals surface area contributed by atoms with Gasteiger partial charge >= 0.3 is 0 Å². The van der Waals surface area contributed by atoms with Gasteiger partial charge in [0.15, 0.2) is 0 Å². The number of nitrogens with one attached hydrogen (secondary N) is 2. The first-order chi connectivity index (χ1) is 12.8. The molecular weight excluding hydrogens is 386 g/mol. The van der Waals surface area contributed by atoms with E-state index in [9.17, 15) is 18.0 Å². The van der Waals surface area contributed by atoms with E-state index in [1.807, 2.05) is 6.07 Å². The Kier molecular flexibility index (Phi) is 5.24. The number of carbonyl (C=O) groups excluding carboxylic acids is 2. The lowest BCUT2D eigenvalue weighted by molar-refractivity contribution is 0.100. The Balaban J connectivity index is 1.69. The minimum Gasteiger partial charge on any atom is -0.365 e. The van der Waals surface area contributed by atoms with Gasteiger partial charge in [0.1, 0.15) is 0 Å². The first kappa shape index (κ1) is 18.6. The van der Waals surface area contributed by atoms with Crippen molar-refractivity contribution in [3.05, 3.63) is 76.5 Å². The van der Waals surface area contributed by atoms with Gasteiger partial charge in [-0.15, -0.1) is 11.3 Å². The van der Waals surface area contributed by atoms with E-state index in [1.165, 1.54) is 23.6 Å². The normalized spacial score (nSPS) is 11.0. The van der Waals surface area contributed by atoms with Crippen LogP contribution in [0.3, 0.4) is 0 Å². The largest absolute Gasteiger partial charge is 0.365 e. The molecule has 0 radical (unpaired) electrons. The molecule has 1 heterocycles. The van der Waals surface area contributed by atoms with E-state index >= 15 is 0 Å². The molecule has 1 aromatic heterocycles. The lowest BCUT2D eigenvalue weighted by Crippen LogP contribution is -2.13. The Morgan fingerprint density at radius 2 is 1.56 bits per heavy atom. The summed E-state index contributed by atoms with van der Waals surface area (Å²) in [6, 6.07) is 16.2. The highest BCUT2D eigenvalue weighted by Crippen LogP contribution is 2.23. The Morgan fingerprint density at radius 1 is 0.926 bits per heavy atom. The summed E-state index contributed by atoms with van der Waals surface area (Å²) in [5.74, 6) is -0.943. The quantitative estimate of drug-likeness (QED) is 0.588. The second kappa shape index (κ2) is 7.60. The zero-order chi connectivity index (χ0) is 19.4. The molecule has 4 N–H and O–H groups in total. The standard InChI is InChI=1S/C18H15N3O4S2/c19-17(22)16-10-15(11-26-16)27(24,25)21-14-8-6-13(7-9-14)20-18(23)12-4-2-1-3-5-12/h1-11,21H,(H2,19,22)(H,20,23). The molecule has 2 aromatic carbocycles. The zero-order valence-electron chi connectivity index (χ0n) is 13.9. The molecule has 3 aromatic rings. The Labute approximate surface area is 159 Å². The summed E-state index contributed by atoms with van der Waals surface area (Å²) in [5, 5.41) is 4.07. The fourth-order valence-electron chi connectivity index (χ4n) is 2.22. The average molecular weight is 401 g/mol. The van der Waals surface area contributed by atoms with Crippen molar-refractivity contribution in [2.75, 3.05) is 10.0 Å². The number of sulfonamides is 1. The van der Waals surface area contributed by atoms with Crippen LogP contribution in [-0.4, -0.2) is 20.2 Å². The molecule has 2 amide bonds. The van der Waals surface area contributed by atoms with E-state index in [-0.39, 0.29) is 15.7 Å². The van der Waals surface area contributed by atoms with Gasteiger partial charge < -0.3 is 11.1 Å². The van der Waals surface area contributed by atoms with Gasteiger partial charge in [-0.05, 0) is 42.5 Å². The molecule has 0 aliphatic carbocycles. The number of rotatable bonds is 6. The molecule has 0 aliphatic heterocycles. The van der Waals surface area contributed by atoms with E-state index in [2.05, 4.69) is 10.0 Å². The number of carbonyl (C=O) groups is 2. The van der Waals surface area contributed by atoms with Crippen molar-refractivity contribution in [1.82, 2.24) is 0 Å². The van der Waals surface area contributed by atoms with Crippen molar-refractivity contribution in [3.63, 3.8) is 0 Å². The highest BCUT2D eigenvalue weighted by Gasteiger charge is 2.18. The molecule has 0 spiro atoms.